The van der Waals surface area contributed by atoms with E-state index in [0.717, 1.165) is 35.2 Å². The Morgan fingerprint density at radius 3 is 2.88 bits per heavy atom. The first-order valence-corrected chi connectivity index (χ1v) is 9.77. The van der Waals surface area contributed by atoms with Crippen molar-refractivity contribution in [2.75, 3.05) is 0 Å². The van der Waals surface area contributed by atoms with Crippen LogP contribution in [0.1, 0.15) is 35.4 Å². The molecule has 4 rings (SSSR count). The molecule has 0 saturated heterocycles. The molecule has 0 spiro atoms. The maximum atomic E-state index is 12.8. The number of aryl methyl sites for hydroxylation is 2. The van der Waals surface area contributed by atoms with Gasteiger partial charge in [0.2, 0.25) is 5.91 Å². The smallest absolute Gasteiger partial charge is 0.262 e. The Morgan fingerprint density at radius 1 is 1.35 bits per heavy atom. The van der Waals surface area contributed by atoms with E-state index >= 15 is 0 Å². The highest BCUT2D eigenvalue weighted by Crippen LogP contribution is 2.34. The molecule has 3 aromatic rings. The summed E-state index contributed by atoms with van der Waals surface area (Å²) in [5.74, 6) is -0.220. The van der Waals surface area contributed by atoms with Crippen LogP contribution in [-0.2, 0) is 24.2 Å². The first-order valence-electron chi connectivity index (χ1n) is 8.57. The molecule has 2 heterocycles. The second kappa shape index (κ2) is 6.85. The molecule has 1 aromatic carbocycles. The lowest BCUT2D eigenvalue weighted by Crippen LogP contribution is -2.34. The van der Waals surface area contributed by atoms with Gasteiger partial charge < -0.3 is 5.32 Å². The maximum Gasteiger partial charge on any atom is 0.262 e. The third-order valence-corrected chi connectivity index (χ3v) is 6.21. The fraction of sp³-hybridized carbons (Fsp3) is 0.316. The molecule has 0 radical (unpaired) electrons. The second-order valence-corrected chi connectivity index (χ2v) is 8.08. The summed E-state index contributed by atoms with van der Waals surface area (Å²) in [6.07, 6.45) is 4.51. The molecule has 1 atom stereocenters. The van der Waals surface area contributed by atoms with Crippen LogP contribution < -0.4 is 10.9 Å². The predicted molar refractivity (Wildman–Crippen MR) is 104 cm³/mol. The van der Waals surface area contributed by atoms with Crippen LogP contribution in [0.3, 0.4) is 0 Å². The molecule has 1 amide bonds. The number of carbonyl (C=O) groups is 1. The zero-order chi connectivity index (χ0) is 18.3. The molecule has 2 aromatic heterocycles. The Bertz CT molecular complexity index is 1040. The summed E-state index contributed by atoms with van der Waals surface area (Å²) in [4.78, 5) is 31.7. The zero-order valence-corrected chi connectivity index (χ0v) is 15.9. The predicted octanol–water partition coefficient (Wildman–Crippen LogP) is 3.48. The van der Waals surface area contributed by atoms with Gasteiger partial charge in [0.1, 0.15) is 11.4 Å². The number of carbonyl (C=O) groups excluding carboxylic acids is 1. The van der Waals surface area contributed by atoms with Crippen molar-refractivity contribution in [3.05, 3.63) is 62.0 Å². The minimum absolute atomic E-state index is 0.0374. The topological polar surface area (TPSA) is 64.0 Å². The van der Waals surface area contributed by atoms with Gasteiger partial charge in [0.15, 0.2) is 0 Å². The van der Waals surface area contributed by atoms with Crippen LogP contribution in [0, 0.1) is 0 Å². The lowest BCUT2D eigenvalue weighted by atomic mass is 10.1. The Labute approximate surface area is 159 Å². The van der Waals surface area contributed by atoms with Gasteiger partial charge in [-0.15, -0.1) is 11.3 Å². The number of benzene rings is 1. The molecule has 1 unspecified atom stereocenters. The van der Waals surface area contributed by atoms with Gasteiger partial charge >= 0.3 is 0 Å². The fourth-order valence-corrected chi connectivity index (χ4v) is 4.75. The van der Waals surface area contributed by atoms with Gasteiger partial charge in [-0.2, -0.15) is 0 Å². The van der Waals surface area contributed by atoms with Gasteiger partial charge in [-0.25, -0.2) is 4.98 Å². The molecule has 134 valence electrons. The third kappa shape index (κ3) is 3.15. The number of thiophene rings is 1. The number of fused-ring (bicyclic) bond motifs is 3. The quantitative estimate of drug-likeness (QED) is 0.745. The van der Waals surface area contributed by atoms with E-state index in [4.69, 9.17) is 11.6 Å². The van der Waals surface area contributed by atoms with E-state index < -0.39 is 0 Å². The molecule has 1 aliphatic carbocycles. The van der Waals surface area contributed by atoms with Crippen LogP contribution in [0.5, 0.6) is 0 Å². The first kappa shape index (κ1) is 17.2. The summed E-state index contributed by atoms with van der Waals surface area (Å²) < 4.78 is 1.40. The summed E-state index contributed by atoms with van der Waals surface area (Å²) in [5.41, 5.74) is 1.97. The molecule has 0 fully saturated rings. The summed E-state index contributed by atoms with van der Waals surface area (Å²) in [6.45, 7) is 1.86. The average molecular weight is 388 g/mol. The van der Waals surface area contributed by atoms with Crippen molar-refractivity contribution in [2.45, 2.75) is 38.8 Å². The van der Waals surface area contributed by atoms with Crippen molar-refractivity contribution in [1.29, 1.82) is 0 Å². The van der Waals surface area contributed by atoms with Crippen LogP contribution in [-0.4, -0.2) is 15.5 Å². The molecule has 0 bridgehead atoms. The molecule has 0 saturated carbocycles. The van der Waals surface area contributed by atoms with E-state index in [1.165, 1.54) is 15.8 Å². The summed E-state index contributed by atoms with van der Waals surface area (Å²) in [7, 11) is 0. The Morgan fingerprint density at radius 2 is 2.12 bits per heavy atom. The largest absolute Gasteiger partial charge is 0.348 e. The first-order chi connectivity index (χ1) is 12.5. The summed E-state index contributed by atoms with van der Waals surface area (Å²) in [6, 6.07) is 7.17. The number of hydrogen-bond acceptors (Lipinski definition) is 4. The third-order valence-electron chi connectivity index (χ3n) is 4.75. The van der Waals surface area contributed by atoms with Crippen molar-refractivity contribution in [3.8, 4) is 0 Å². The number of rotatable bonds is 4. The van der Waals surface area contributed by atoms with Crippen molar-refractivity contribution >= 4 is 39.1 Å². The molecule has 7 heteroatoms. The Balaban J connectivity index is 1.53. The van der Waals surface area contributed by atoms with Crippen LogP contribution in [0.4, 0.5) is 0 Å². The summed E-state index contributed by atoms with van der Waals surface area (Å²) in [5, 5.41) is 4.27. The Kier molecular flexibility index (Phi) is 4.54. The van der Waals surface area contributed by atoms with E-state index in [2.05, 4.69) is 10.3 Å². The van der Waals surface area contributed by atoms with Gasteiger partial charge in [0, 0.05) is 9.90 Å². The van der Waals surface area contributed by atoms with Gasteiger partial charge in [-0.3, -0.25) is 14.2 Å². The second-order valence-electron chi connectivity index (χ2n) is 6.56. The number of aromatic nitrogens is 2. The summed E-state index contributed by atoms with van der Waals surface area (Å²) >= 11 is 7.50. The average Bonchev–Trinajstić information content (AvgIpc) is 3.18. The fourth-order valence-electron chi connectivity index (χ4n) is 3.41. The van der Waals surface area contributed by atoms with Gasteiger partial charge in [-0.05, 0) is 49.4 Å². The highest BCUT2D eigenvalue weighted by atomic mass is 35.5. The molecular formula is C19H18ClN3O2S. The highest BCUT2D eigenvalue weighted by molar-refractivity contribution is 7.18. The molecule has 1 aliphatic rings. The number of amides is 1. The molecule has 26 heavy (non-hydrogen) atoms. The van der Waals surface area contributed by atoms with Crippen LogP contribution in [0.15, 0.2) is 35.4 Å². The molecule has 5 nitrogen and oxygen atoms in total. The lowest BCUT2D eigenvalue weighted by Gasteiger charge is -2.15. The minimum Gasteiger partial charge on any atom is -0.348 e. The standard InChI is InChI=1S/C19H18ClN3O2S/c1-11(12-5-7-13(20)8-6-12)22-16(24)9-23-10-21-18-17(19(23)25)14-3-2-4-15(14)26-18/h5-8,10-11H,2-4,9H2,1H3,(H,22,24). The van der Waals surface area contributed by atoms with Crippen molar-refractivity contribution in [2.24, 2.45) is 0 Å². The monoisotopic (exact) mass is 387 g/mol. The van der Waals surface area contributed by atoms with Gasteiger partial charge in [0.25, 0.3) is 5.56 Å². The van der Waals surface area contributed by atoms with Gasteiger partial charge in [-0.1, -0.05) is 23.7 Å². The minimum atomic E-state index is -0.220. The van der Waals surface area contributed by atoms with Crippen molar-refractivity contribution in [1.82, 2.24) is 14.9 Å². The molecule has 1 N–H and O–H groups in total. The number of hydrogen-bond donors (Lipinski definition) is 1. The SMILES string of the molecule is CC(NC(=O)Cn1cnc2sc3c(c2c1=O)CCC3)c1ccc(Cl)cc1. The van der Waals surface area contributed by atoms with E-state index in [1.807, 2.05) is 19.1 Å². The number of nitrogens with zero attached hydrogens (tertiary/aromatic N) is 2. The highest BCUT2D eigenvalue weighted by Gasteiger charge is 2.21. The van der Waals surface area contributed by atoms with Crippen LogP contribution in [0.25, 0.3) is 10.2 Å². The molecule has 0 aliphatic heterocycles. The normalized spacial score (nSPS) is 14.4. The van der Waals surface area contributed by atoms with E-state index in [1.54, 1.807) is 23.5 Å². The Hall–Kier alpha value is -2.18. The molecular weight excluding hydrogens is 370 g/mol. The number of halogens is 1. The lowest BCUT2D eigenvalue weighted by molar-refractivity contribution is -0.122. The number of nitrogens with one attached hydrogen (secondary N) is 1. The maximum absolute atomic E-state index is 12.8. The van der Waals surface area contributed by atoms with Crippen LogP contribution in [0.2, 0.25) is 5.02 Å². The van der Waals surface area contributed by atoms with Crippen LogP contribution >= 0.6 is 22.9 Å². The van der Waals surface area contributed by atoms with Crippen molar-refractivity contribution < 1.29 is 4.79 Å². The van der Waals surface area contributed by atoms with E-state index in [-0.39, 0.29) is 24.1 Å². The van der Waals surface area contributed by atoms with Gasteiger partial charge in [0.05, 0.1) is 17.8 Å². The zero-order valence-electron chi connectivity index (χ0n) is 14.3. The van der Waals surface area contributed by atoms with E-state index in [9.17, 15) is 9.59 Å². The van der Waals surface area contributed by atoms with Crippen molar-refractivity contribution in [3.63, 3.8) is 0 Å². The van der Waals surface area contributed by atoms with E-state index in [0.29, 0.717) is 10.4 Å².